The van der Waals surface area contributed by atoms with Crippen LogP contribution >= 0.6 is 23.2 Å². The van der Waals surface area contributed by atoms with Gasteiger partial charge in [-0.05, 0) is 63.4 Å². The molecule has 13 heteroatoms. The highest BCUT2D eigenvalue weighted by atomic mass is 35.5. The van der Waals surface area contributed by atoms with E-state index >= 15 is 0 Å². The van der Waals surface area contributed by atoms with Crippen LogP contribution in [0.2, 0.25) is 10.0 Å². The number of amides is 2. The first-order chi connectivity index (χ1) is 21.2. The standard InChI is InChI=1S/C31H36Cl2N6O5/c1-4-37(5-2)30-34-19-25(39(6-3)28(40)26-22(32)10-9-11-23(26)33)27(36-30)35-24(29(41)42)18-20-12-14-21(15-13-20)44-31(43)38-16-7-8-17-38/h9-15,19,24H,4-8,16-18H2,1-3H3,(H,41,42)(H,34,35,36)/t24-/m0/s1. The van der Waals surface area contributed by atoms with E-state index in [1.807, 2.05) is 18.7 Å². The van der Waals surface area contributed by atoms with Crippen LogP contribution in [-0.2, 0) is 11.2 Å². The Morgan fingerprint density at radius 2 is 1.64 bits per heavy atom. The first-order valence-corrected chi connectivity index (χ1v) is 15.3. The third-order valence-corrected chi connectivity index (χ3v) is 8.00. The quantitative estimate of drug-likeness (QED) is 0.244. The lowest BCUT2D eigenvalue weighted by molar-refractivity contribution is -0.137. The SMILES string of the molecule is CCN(CC)c1ncc(N(CC)C(=O)c2c(Cl)cccc2Cl)c(N[C@@H](Cc2ccc(OC(=O)N3CCCC3)cc2)C(=O)O)n1. The molecule has 0 aliphatic carbocycles. The Kier molecular flexibility index (Phi) is 11.2. The molecule has 0 unspecified atom stereocenters. The average Bonchev–Trinajstić information content (AvgIpc) is 3.55. The summed E-state index contributed by atoms with van der Waals surface area (Å²) >= 11 is 12.7. The molecule has 1 aliphatic heterocycles. The van der Waals surface area contributed by atoms with Crippen molar-refractivity contribution >= 4 is 58.6 Å². The topological polar surface area (TPSA) is 128 Å². The summed E-state index contributed by atoms with van der Waals surface area (Å²) < 4.78 is 5.47. The molecule has 1 aliphatic rings. The number of anilines is 3. The van der Waals surface area contributed by atoms with E-state index in [1.165, 1.54) is 11.1 Å². The molecule has 11 nitrogen and oxygen atoms in total. The van der Waals surface area contributed by atoms with Crippen molar-refractivity contribution < 1.29 is 24.2 Å². The van der Waals surface area contributed by atoms with Crippen molar-refractivity contribution in [1.29, 1.82) is 0 Å². The fraction of sp³-hybridized carbons (Fsp3) is 0.387. The highest BCUT2D eigenvalue weighted by Gasteiger charge is 2.28. The largest absolute Gasteiger partial charge is 0.480 e. The van der Waals surface area contributed by atoms with Crippen LogP contribution in [0.1, 0.15) is 49.5 Å². The van der Waals surface area contributed by atoms with Crippen LogP contribution in [0, 0.1) is 0 Å². The Bertz CT molecular complexity index is 1460. The molecule has 0 spiro atoms. The monoisotopic (exact) mass is 642 g/mol. The molecule has 1 atom stereocenters. The van der Waals surface area contributed by atoms with E-state index < -0.39 is 24.0 Å². The summed E-state index contributed by atoms with van der Waals surface area (Å²) in [7, 11) is 0. The first kappa shape index (κ1) is 32.8. The maximum absolute atomic E-state index is 13.7. The lowest BCUT2D eigenvalue weighted by atomic mass is 10.1. The van der Waals surface area contributed by atoms with Crippen molar-refractivity contribution in [1.82, 2.24) is 14.9 Å². The molecule has 0 saturated carbocycles. The number of rotatable bonds is 12. The maximum atomic E-state index is 13.7. The number of likely N-dealkylation sites (tertiary alicyclic amines) is 1. The van der Waals surface area contributed by atoms with Gasteiger partial charge in [0, 0.05) is 39.1 Å². The minimum atomic E-state index is -1.12. The van der Waals surface area contributed by atoms with E-state index in [4.69, 9.17) is 27.9 Å². The van der Waals surface area contributed by atoms with Crippen LogP contribution in [0.25, 0.3) is 0 Å². The summed E-state index contributed by atoms with van der Waals surface area (Å²) in [5.74, 6) is -0.663. The molecule has 4 rings (SSSR count). The fourth-order valence-corrected chi connectivity index (χ4v) is 5.51. The number of carbonyl (C=O) groups excluding carboxylic acids is 2. The zero-order valence-electron chi connectivity index (χ0n) is 24.9. The number of nitrogens with zero attached hydrogens (tertiary/aromatic N) is 5. The van der Waals surface area contributed by atoms with Crippen molar-refractivity contribution in [2.45, 2.75) is 46.1 Å². The van der Waals surface area contributed by atoms with Crippen molar-refractivity contribution in [3.63, 3.8) is 0 Å². The summed E-state index contributed by atoms with van der Waals surface area (Å²) in [6.07, 6.45) is 3.10. The molecule has 1 aromatic heterocycles. The van der Waals surface area contributed by atoms with E-state index in [2.05, 4.69) is 15.3 Å². The van der Waals surface area contributed by atoms with Gasteiger partial charge in [-0.3, -0.25) is 4.79 Å². The molecule has 44 heavy (non-hydrogen) atoms. The van der Waals surface area contributed by atoms with Gasteiger partial charge in [0.15, 0.2) is 5.82 Å². The second-order valence-electron chi connectivity index (χ2n) is 10.2. The molecule has 2 N–H and O–H groups in total. The predicted molar refractivity (Wildman–Crippen MR) is 171 cm³/mol. The van der Waals surface area contributed by atoms with E-state index in [0.29, 0.717) is 43.4 Å². The van der Waals surface area contributed by atoms with Gasteiger partial charge in [0.1, 0.15) is 17.5 Å². The predicted octanol–water partition coefficient (Wildman–Crippen LogP) is 6.00. The van der Waals surface area contributed by atoms with E-state index in [9.17, 15) is 19.5 Å². The van der Waals surface area contributed by atoms with Crippen molar-refractivity contribution in [3.05, 3.63) is 69.8 Å². The molecule has 234 valence electrons. The lowest BCUT2D eigenvalue weighted by Gasteiger charge is -2.27. The molecule has 1 saturated heterocycles. The van der Waals surface area contributed by atoms with Gasteiger partial charge in [-0.25, -0.2) is 14.6 Å². The number of carboxylic acids is 1. The third-order valence-electron chi connectivity index (χ3n) is 7.37. The molecule has 1 fully saturated rings. The number of hydrogen-bond donors (Lipinski definition) is 2. The van der Waals surface area contributed by atoms with Gasteiger partial charge in [0.25, 0.3) is 5.91 Å². The van der Waals surface area contributed by atoms with E-state index in [1.54, 1.807) is 54.3 Å². The number of carboxylic acid groups (broad SMARTS) is 1. The number of benzene rings is 2. The van der Waals surface area contributed by atoms with Crippen LogP contribution in [0.3, 0.4) is 0 Å². The zero-order valence-corrected chi connectivity index (χ0v) is 26.4. The highest BCUT2D eigenvalue weighted by molar-refractivity contribution is 6.40. The Balaban J connectivity index is 1.62. The van der Waals surface area contributed by atoms with Crippen LogP contribution in [0.4, 0.5) is 22.2 Å². The number of aliphatic carboxylic acids is 1. The second kappa shape index (κ2) is 15.1. The van der Waals surface area contributed by atoms with Crippen LogP contribution in [-0.4, -0.2) is 76.7 Å². The smallest absolute Gasteiger partial charge is 0.415 e. The number of halogens is 2. The first-order valence-electron chi connectivity index (χ1n) is 14.6. The summed E-state index contributed by atoms with van der Waals surface area (Å²) in [5.41, 5.74) is 1.09. The molecule has 2 amide bonds. The van der Waals surface area contributed by atoms with Crippen molar-refractivity contribution in [2.24, 2.45) is 0 Å². The minimum Gasteiger partial charge on any atom is -0.480 e. The lowest BCUT2D eigenvalue weighted by Crippen LogP contribution is -2.36. The number of nitrogens with one attached hydrogen (secondary N) is 1. The summed E-state index contributed by atoms with van der Waals surface area (Å²) in [6, 6.07) is 10.4. The van der Waals surface area contributed by atoms with Crippen LogP contribution in [0.15, 0.2) is 48.7 Å². The Morgan fingerprint density at radius 1 is 1.00 bits per heavy atom. The van der Waals surface area contributed by atoms with Gasteiger partial charge in [0.05, 0.1) is 21.8 Å². The minimum absolute atomic E-state index is 0.0795. The molecular weight excluding hydrogens is 607 g/mol. The van der Waals surface area contributed by atoms with Gasteiger partial charge in [-0.15, -0.1) is 0 Å². The number of aromatic nitrogens is 2. The third kappa shape index (κ3) is 7.70. The van der Waals surface area contributed by atoms with E-state index in [0.717, 1.165) is 12.8 Å². The molecule has 2 heterocycles. The fourth-order valence-electron chi connectivity index (χ4n) is 4.95. The average molecular weight is 644 g/mol. The van der Waals surface area contributed by atoms with Crippen LogP contribution in [0.5, 0.6) is 5.75 Å². The highest BCUT2D eigenvalue weighted by Crippen LogP contribution is 2.32. The number of ether oxygens (including phenoxy) is 1. The molecule has 2 aromatic carbocycles. The second-order valence-corrected chi connectivity index (χ2v) is 11.0. The molecule has 3 aromatic rings. The number of hydrogen-bond acceptors (Lipinski definition) is 8. The van der Waals surface area contributed by atoms with Gasteiger partial charge in [0.2, 0.25) is 5.95 Å². The van der Waals surface area contributed by atoms with Gasteiger partial charge < -0.3 is 29.9 Å². The molecule has 0 radical (unpaired) electrons. The number of carbonyl (C=O) groups is 3. The summed E-state index contributed by atoms with van der Waals surface area (Å²) in [6.45, 7) is 8.50. The molecule has 0 bridgehead atoms. The van der Waals surface area contributed by atoms with Crippen LogP contribution < -0.4 is 19.9 Å². The Morgan fingerprint density at radius 3 is 2.20 bits per heavy atom. The molecular formula is C31H36Cl2N6O5. The van der Waals surface area contributed by atoms with Gasteiger partial charge >= 0.3 is 12.1 Å². The summed E-state index contributed by atoms with van der Waals surface area (Å²) in [4.78, 5) is 52.7. The Hall–Kier alpha value is -4.09. The van der Waals surface area contributed by atoms with E-state index in [-0.39, 0.29) is 40.1 Å². The van der Waals surface area contributed by atoms with Crippen molar-refractivity contribution in [3.8, 4) is 5.75 Å². The Labute approximate surface area is 266 Å². The maximum Gasteiger partial charge on any atom is 0.415 e. The van der Waals surface area contributed by atoms with Gasteiger partial charge in [-0.2, -0.15) is 4.98 Å². The van der Waals surface area contributed by atoms with Crippen molar-refractivity contribution in [2.75, 3.05) is 47.8 Å². The summed E-state index contributed by atoms with van der Waals surface area (Å²) in [5, 5.41) is 13.6. The normalized spacial score (nSPS) is 13.3. The zero-order chi connectivity index (χ0) is 31.8. The van der Waals surface area contributed by atoms with Gasteiger partial charge in [-0.1, -0.05) is 41.4 Å².